The van der Waals surface area contributed by atoms with Gasteiger partial charge in [0.1, 0.15) is 0 Å². The van der Waals surface area contributed by atoms with Gasteiger partial charge in [0.05, 0.1) is 31.2 Å². The number of hydrogen-bond acceptors (Lipinski definition) is 5. The van der Waals surface area contributed by atoms with E-state index in [1.807, 2.05) is 35.2 Å². The molecule has 0 spiro atoms. The van der Waals surface area contributed by atoms with Crippen LogP contribution in [0.1, 0.15) is 23.2 Å². The molecule has 1 heterocycles. The van der Waals surface area contributed by atoms with Crippen LogP contribution in [0.25, 0.3) is 0 Å². The quantitative estimate of drug-likeness (QED) is 0.719. The average molecular weight is 401 g/mol. The summed E-state index contributed by atoms with van der Waals surface area (Å²) >= 11 is 1.39. The molecule has 0 radical (unpaired) electrons. The van der Waals surface area contributed by atoms with Gasteiger partial charge in [0.25, 0.3) is 5.91 Å². The van der Waals surface area contributed by atoms with Crippen molar-refractivity contribution in [3.63, 3.8) is 0 Å². The van der Waals surface area contributed by atoms with Crippen molar-refractivity contribution in [3.8, 4) is 11.5 Å². The molecule has 2 aromatic carbocycles. The molecule has 1 fully saturated rings. The first-order chi connectivity index (χ1) is 13.6. The fraction of sp³-hybridized carbons (Fsp3) is 0.333. The van der Waals surface area contributed by atoms with E-state index in [1.54, 1.807) is 26.4 Å². The number of nitrogens with one attached hydrogen (secondary N) is 1. The van der Waals surface area contributed by atoms with Gasteiger partial charge in [0.2, 0.25) is 5.91 Å². The second-order valence-corrected chi connectivity index (χ2v) is 7.45. The van der Waals surface area contributed by atoms with Gasteiger partial charge in [-0.25, -0.2) is 0 Å². The Balaban J connectivity index is 1.63. The normalized spacial score (nSPS) is 13.3. The van der Waals surface area contributed by atoms with Crippen LogP contribution in [0, 0.1) is 0 Å². The number of anilines is 1. The van der Waals surface area contributed by atoms with Gasteiger partial charge in [0.15, 0.2) is 11.5 Å². The van der Waals surface area contributed by atoms with Crippen molar-refractivity contribution in [2.75, 3.05) is 38.4 Å². The summed E-state index contributed by atoms with van der Waals surface area (Å²) in [6, 6.07) is 12.7. The topological polar surface area (TPSA) is 67.9 Å². The average Bonchev–Trinajstić information content (AvgIpc) is 3.27. The van der Waals surface area contributed by atoms with E-state index in [2.05, 4.69) is 5.32 Å². The Morgan fingerprint density at radius 1 is 1.04 bits per heavy atom. The number of para-hydroxylation sites is 1. The maximum Gasteiger partial charge on any atom is 0.255 e. The van der Waals surface area contributed by atoms with Crippen molar-refractivity contribution in [3.05, 3.63) is 48.0 Å². The Morgan fingerprint density at radius 2 is 1.75 bits per heavy atom. The molecule has 2 amide bonds. The molecule has 7 heteroatoms. The first-order valence-electron chi connectivity index (χ1n) is 9.15. The Labute approximate surface area is 169 Å². The van der Waals surface area contributed by atoms with E-state index < -0.39 is 0 Å². The summed E-state index contributed by atoms with van der Waals surface area (Å²) in [4.78, 5) is 27.9. The van der Waals surface area contributed by atoms with Crippen molar-refractivity contribution in [1.82, 2.24) is 4.90 Å². The highest BCUT2D eigenvalue weighted by Crippen LogP contribution is 2.32. The molecule has 28 heavy (non-hydrogen) atoms. The third kappa shape index (κ3) is 4.78. The Bertz CT molecular complexity index is 850. The number of nitrogens with zero attached hydrogens (tertiary/aromatic N) is 1. The lowest BCUT2D eigenvalue weighted by Gasteiger charge is -2.18. The fourth-order valence-electron chi connectivity index (χ4n) is 3.11. The highest BCUT2D eigenvalue weighted by Gasteiger charge is 2.22. The maximum absolute atomic E-state index is 12.7. The lowest BCUT2D eigenvalue weighted by Crippen LogP contribution is -2.29. The molecule has 148 valence electrons. The van der Waals surface area contributed by atoms with Gasteiger partial charge in [-0.05, 0) is 43.2 Å². The van der Waals surface area contributed by atoms with E-state index >= 15 is 0 Å². The Hall–Kier alpha value is -2.67. The highest BCUT2D eigenvalue weighted by atomic mass is 32.2. The molecule has 6 nitrogen and oxygen atoms in total. The minimum absolute atomic E-state index is 0.0269. The number of hydrogen-bond donors (Lipinski definition) is 1. The zero-order valence-corrected chi connectivity index (χ0v) is 16.9. The van der Waals surface area contributed by atoms with Gasteiger partial charge in [-0.2, -0.15) is 0 Å². The van der Waals surface area contributed by atoms with E-state index in [0.29, 0.717) is 22.7 Å². The summed E-state index contributed by atoms with van der Waals surface area (Å²) in [5.74, 6) is 1.30. The smallest absolute Gasteiger partial charge is 0.255 e. The van der Waals surface area contributed by atoms with E-state index in [0.717, 1.165) is 30.8 Å². The van der Waals surface area contributed by atoms with Crippen molar-refractivity contribution in [2.45, 2.75) is 17.7 Å². The van der Waals surface area contributed by atoms with Gasteiger partial charge in [-0.3, -0.25) is 9.59 Å². The summed E-state index contributed by atoms with van der Waals surface area (Å²) in [5.41, 5.74) is 1.09. The summed E-state index contributed by atoms with van der Waals surface area (Å²) in [5, 5.41) is 2.87. The van der Waals surface area contributed by atoms with Crippen molar-refractivity contribution < 1.29 is 19.1 Å². The number of ether oxygens (including phenoxy) is 2. The zero-order chi connectivity index (χ0) is 19.9. The number of likely N-dealkylation sites (tertiary alicyclic amines) is 1. The summed E-state index contributed by atoms with van der Waals surface area (Å²) in [6.45, 7) is 1.55. The lowest BCUT2D eigenvalue weighted by atomic mass is 10.1. The molecule has 1 aliphatic rings. The molecule has 2 aromatic rings. The molecule has 3 rings (SSSR count). The van der Waals surface area contributed by atoms with Gasteiger partial charge in [-0.1, -0.05) is 12.1 Å². The molecular weight excluding hydrogens is 376 g/mol. The maximum atomic E-state index is 12.7. The molecule has 1 N–H and O–H groups in total. The van der Waals surface area contributed by atoms with Crippen molar-refractivity contribution in [2.24, 2.45) is 0 Å². The van der Waals surface area contributed by atoms with Gasteiger partial charge in [0, 0.05) is 18.0 Å². The van der Waals surface area contributed by atoms with Gasteiger partial charge >= 0.3 is 0 Å². The van der Waals surface area contributed by atoms with Gasteiger partial charge < -0.3 is 19.7 Å². The van der Waals surface area contributed by atoms with Crippen LogP contribution in [0.15, 0.2) is 47.4 Å². The predicted molar refractivity (Wildman–Crippen MR) is 110 cm³/mol. The Kier molecular flexibility index (Phi) is 6.81. The second kappa shape index (κ2) is 9.50. The molecule has 1 saturated heterocycles. The second-order valence-electron chi connectivity index (χ2n) is 6.40. The fourth-order valence-corrected chi connectivity index (χ4v) is 3.84. The van der Waals surface area contributed by atoms with Crippen LogP contribution < -0.4 is 14.8 Å². The summed E-state index contributed by atoms with van der Waals surface area (Å²) in [6.07, 6.45) is 2.06. The number of benzene rings is 2. The number of methoxy groups -OCH3 is 2. The first kappa shape index (κ1) is 20.1. The summed E-state index contributed by atoms with van der Waals surface area (Å²) < 4.78 is 10.5. The van der Waals surface area contributed by atoms with Crippen LogP contribution in [-0.2, 0) is 4.79 Å². The molecule has 0 aliphatic carbocycles. The summed E-state index contributed by atoms with van der Waals surface area (Å²) in [7, 11) is 3.16. The number of amides is 2. The third-order valence-corrected chi connectivity index (χ3v) is 5.54. The monoisotopic (exact) mass is 400 g/mol. The number of carbonyl (C=O) groups excluding carboxylic acids is 2. The van der Waals surface area contributed by atoms with Crippen molar-refractivity contribution in [1.29, 1.82) is 0 Å². The van der Waals surface area contributed by atoms with E-state index in [-0.39, 0.29) is 17.6 Å². The van der Waals surface area contributed by atoms with Crippen LogP contribution >= 0.6 is 11.8 Å². The van der Waals surface area contributed by atoms with E-state index in [1.165, 1.54) is 11.8 Å². The van der Waals surface area contributed by atoms with Crippen LogP contribution in [0.3, 0.4) is 0 Å². The van der Waals surface area contributed by atoms with Crippen LogP contribution in [0.4, 0.5) is 5.69 Å². The number of thioether (sulfide) groups is 1. The standard InChI is InChI=1S/C21H24N2O4S/c1-26-18-10-9-15(13-19(18)27-2)28-14-20(24)22-17-8-4-3-7-16(17)21(25)23-11-5-6-12-23/h3-4,7-10,13H,5-6,11-12,14H2,1-2H3,(H,22,24). The predicted octanol–water partition coefficient (Wildman–Crippen LogP) is 3.67. The number of rotatable bonds is 7. The SMILES string of the molecule is COc1ccc(SCC(=O)Nc2ccccc2C(=O)N2CCCC2)cc1OC. The van der Waals surface area contributed by atoms with Crippen LogP contribution in [0.2, 0.25) is 0 Å². The molecule has 0 atom stereocenters. The van der Waals surface area contributed by atoms with Gasteiger partial charge in [-0.15, -0.1) is 11.8 Å². The van der Waals surface area contributed by atoms with Crippen LogP contribution in [-0.4, -0.2) is 49.8 Å². The molecule has 0 aromatic heterocycles. The zero-order valence-electron chi connectivity index (χ0n) is 16.1. The molecule has 1 aliphatic heterocycles. The van der Waals surface area contributed by atoms with Crippen molar-refractivity contribution >= 4 is 29.3 Å². The third-order valence-electron chi connectivity index (χ3n) is 4.55. The molecular formula is C21H24N2O4S. The largest absolute Gasteiger partial charge is 0.493 e. The van der Waals surface area contributed by atoms with Crippen LogP contribution in [0.5, 0.6) is 11.5 Å². The molecule has 0 bridgehead atoms. The number of carbonyl (C=O) groups is 2. The highest BCUT2D eigenvalue weighted by molar-refractivity contribution is 8.00. The van der Waals surface area contributed by atoms with E-state index in [4.69, 9.17) is 9.47 Å². The lowest BCUT2D eigenvalue weighted by molar-refractivity contribution is -0.113. The Morgan fingerprint density at radius 3 is 2.46 bits per heavy atom. The minimum Gasteiger partial charge on any atom is -0.493 e. The first-order valence-corrected chi connectivity index (χ1v) is 10.1. The molecule has 0 saturated carbocycles. The molecule has 0 unspecified atom stereocenters. The minimum atomic E-state index is -0.165. The van der Waals surface area contributed by atoms with E-state index in [9.17, 15) is 9.59 Å².